The maximum Gasteiger partial charge on any atom is 0.417 e. The average Bonchev–Trinajstić information content (AvgIpc) is 3.31. The van der Waals surface area contributed by atoms with E-state index in [1.54, 1.807) is 0 Å². The van der Waals surface area contributed by atoms with E-state index in [4.69, 9.17) is 9.15 Å². The molecule has 1 aliphatic rings. The summed E-state index contributed by atoms with van der Waals surface area (Å²) in [4.78, 5) is 14.5. The second-order valence-electron chi connectivity index (χ2n) is 7.84. The normalized spacial score (nSPS) is 14.6. The van der Waals surface area contributed by atoms with Crippen LogP contribution in [0.25, 0.3) is 11.5 Å². The lowest BCUT2D eigenvalue weighted by atomic mass is 10.1. The van der Waals surface area contributed by atoms with Crippen LogP contribution in [-0.2, 0) is 10.9 Å². The Kier molecular flexibility index (Phi) is 7.61. The summed E-state index contributed by atoms with van der Waals surface area (Å²) < 4.78 is 65.9. The zero-order valence-corrected chi connectivity index (χ0v) is 18.6. The molecule has 0 atom stereocenters. The number of ether oxygens (including phenoxy) is 1. The quantitative estimate of drug-likeness (QED) is 0.358. The van der Waals surface area contributed by atoms with Gasteiger partial charge in [0.2, 0.25) is 5.89 Å². The molecule has 2 aromatic carbocycles. The van der Waals surface area contributed by atoms with E-state index in [1.165, 1.54) is 24.3 Å². The van der Waals surface area contributed by atoms with Crippen LogP contribution >= 0.6 is 0 Å². The average molecular weight is 493 g/mol. The molecule has 0 aliphatic carbocycles. The van der Waals surface area contributed by atoms with Gasteiger partial charge in [-0.25, -0.2) is 4.39 Å². The van der Waals surface area contributed by atoms with Crippen LogP contribution in [0.3, 0.4) is 0 Å². The molecule has 1 aromatic heterocycles. The highest BCUT2D eigenvalue weighted by Gasteiger charge is 2.35. The molecule has 35 heavy (non-hydrogen) atoms. The molecule has 12 heteroatoms. The molecule has 0 unspecified atom stereocenters. The minimum absolute atomic E-state index is 0.00651. The van der Waals surface area contributed by atoms with Crippen LogP contribution in [0.15, 0.2) is 46.9 Å². The van der Waals surface area contributed by atoms with Gasteiger partial charge in [-0.05, 0) is 43.3 Å². The number of halogens is 4. The minimum atomic E-state index is -4.77. The highest BCUT2D eigenvalue weighted by molar-refractivity contribution is 6.04. The van der Waals surface area contributed by atoms with Crippen LogP contribution in [-0.4, -0.2) is 60.4 Å². The number of hydrogen-bond acceptors (Lipinski definition) is 7. The first kappa shape index (κ1) is 24.6. The number of anilines is 2. The molecule has 2 heterocycles. The Morgan fingerprint density at radius 2 is 1.86 bits per heavy atom. The molecule has 8 nitrogen and oxygen atoms in total. The summed E-state index contributed by atoms with van der Waals surface area (Å²) in [5.41, 5.74) is -1.86. The number of carbonyl (C=O) groups is 1. The summed E-state index contributed by atoms with van der Waals surface area (Å²) in [6.07, 6.45) is -3.99. The smallest absolute Gasteiger partial charge is 0.403 e. The standard InChI is InChI=1S/C23H23F4N5O3/c24-19-5-2-1-4-17(19)20(33)29-15-6-7-16(18(14-15)23(25,26)27)21-30-31-22(35-21)28-8-3-9-32-10-12-34-13-11-32/h1-2,4-7,14H,3,8-13H2,(H,28,31)(H,29,33). The minimum Gasteiger partial charge on any atom is -0.403 e. The maximum atomic E-state index is 13.8. The summed E-state index contributed by atoms with van der Waals surface area (Å²) in [7, 11) is 0. The van der Waals surface area contributed by atoms with Gasteiger partial charge in [0.05, 0.1) is 29.9 Å². The number of aromatic nitrogens is 2. The summed E-state index contributed by atoms with van der Waals surface area (Å²) >= 11 is 0. The third kappa shape index (κ3) is 6.34. The summed E-state index contributed by atoms with van der Waals surface area (Å²) in [5, 5.41) is 12.7. The molecule has 1 amide bonds. The first-order valence-electron chi connectivity index (χ1n) is 11.0. The van der Waals surface area contributed by atoms with Crippen molar-refractivity contribution in [3.63, 3.8) is 0 Å². The Labute approximate surface area is 198 Å². The van der Waals surface area contributed by atoms with E-state index < -0.39 is 23.5 Å². The van der Waals surface area contributed by atoms with E-state index in [9.17, 15) is 22.4 Å². The van der Waals surface area contributed by atoms with Crippen LogP contribution in [0.1, 0.15) is 22.3 Å². The number of hydrogen-bond donors (Lipinski definition) is 2. The molecular formula is C23H23F4N5O3. The van der Waals surface area contributed by atoms with Crippen molar-refractivity contribution >= 4 is 17.6 Å². The van der Waals surface area contributed by atoms with Gasteiger partial charge >= 0.3 is 12.2 Å². The van der Waals surface area contributed by atoms with Crippen molar-refractivity contribution in [2.45, 2.75) is 12.6 Å². The zero-order chi connectivity index (χ0) is 24.8. The Balaban J connectivity index is 1.44. The third-order valence-corrected chi connectivity index (χ3v) is 5.39. The lowest BCUT2D eigenvalue weighted by Gasteiger charge is -2.26. The molecule has 186 valence electrons. The van der Waals surface area contributed by atoms with Crippen LogP contribution in [0, 0.1) is 5.82 Å². The Morgan fingerprint density at radius 3 is 2.60 bits per heavy atom. The third-order valence-electron chi connectivity index (χ3n) is 5.39. The van der Waals surface area contributed by atoms with Gasteiger partial charge in [0.15, 0.2) is 0 Å². The van der Waals surface area contributed by atoms with E-state index in [0.29, 0.717) is 19.8 Å². The van der Waals surface area contributed by atoms with Gasteiger partial charge in [-0.2, -0.15) is 13.2 Å². The van der Waals surface area contributed by atoms with E-state index >= 15 is 0 Å². The van der Waals surface area contributed by atoms with Gasteiger partial charge in [-0.15, -0.1) is 5.10 Å². The van der Waals surface area contributed by atoms with Crippen molar-refractivity contribution in [1.29, 1.82) is 0 Å². The fraction of sp³-hybridized carbons (Fsp3) is 0.348. The number of nitrogens with one attached hydrogen (secondary N) is 2. The molecular weight excluding hydrogens is 470 g/mol. The second kappa shape index (κ2) is 10.8. The van der Waals surface area contributed by atoms with Crippen LogP contribution < -0.4 is 10.6 Å². The molecule has 0 spiro atoms. The van der Waals surface area contributed by atoms with Crippen molar-refractivity contribution in [1.82, 2.24) is 15.1 Å². The number of rotatable bonds is 8. The number of benzene rings is 2. The van der Waals surface area contributed by atoms with Crippen molar-refractivity contribution in [2.75, 3.05) is 50.0 Å². The first-order chi connectivity index (χ1) is 16.8. The maximum absolute atomic E-state index is 13.8. The van der Waals surface area contributed by atoms with Crippen LogP contribution in [0.5, 0.6) is 0 Å². The van der Waals surface area contributed by atoms with E-state index in [1.807, 2.05) is 0 Å². The fourth-order valence-electron chi connectivity index (χ4n) is 3.61. The second-order valence-corrected chi connectivity index (χ2v) is 7.84. The van der Waals surface area contributed by atoms with Crippen molar-refractivity contribution in [2.24, 2.45) is 0 Å². The number of morpholine rings is 1. The van der Waals surface area contributed by atoms with Crippen LogP contribution in [0.2, 0.25) is 0 Å². The van der Waals surface area contributed by atoms with Crippen molar-refractivity contribution in [3.05, 3.63) is 59.4 Å². The number of amides is 1. The van der Waals surface area contributed by atoms with E-state index in [0.717, 1.165) is 44.3 Å². The molecule has 1 aliphatic heterocycles. The van der Waals surface area contributed by atoms with Gasteiger partial charge in [0.25, 0.3) is 5.91 Å². The Hall–Kier alpha value is -3.51. The monoisotopic (exact) mass is 493 g/mol. The lowest BCUT2D eigenvalue weighted by Crippen LogP contribution is -2.37. The van der Waals surface area contributed by atoms with Gasteiger partial charge in [-0.1, -0.05) is 17.2 Å². The lowest BCUT2D eigenvalue weighted by molar-refractivity contribution is -0.137. The van der Waals surface area contributed by atoms with E-state index in [2.05, 4.69) is 25.7 Å². The van der Waals surface area contributed by atoms with Crippen LogP contribution in [0.4, 0.5) is 29.3 Å². The summed E-state index contributed by atoms with van der Waals surface area (Å²) in [6, 6.07) is 8.30. The topological polar surface area (TPSA) is 92.5 Å². The molecule has 0 radical (unpaired) electrons. The van der Waals surface area contributed by atoms with Gasteiger partial charge in [0, 0.05) is 25.3 Å². The first-order valence-corrected chi connectivity index (χ1v) is 11.0. The predicted molar refractivity (Wildman–Crippen MR) is 119 cm³/mol. The predicted octanol–water partition coefficient (Wildman–Crippen LogP) is 4.28. The van der Waals surface area contributed by atoms with Crippen molar-refractivity contribution < 1.29 is 31.5 Å². The molecule has 0 saturated carbocycles. The fourth-order valence-corrected chi connectivity index (χ4v) is 3.61. The summed E-state index contributed by atoms with van der Waals surface area (Å²) in [6.45, 7) is 4.48. The highest BCUT2D eigenvalue weighted by atomic mass is 19.4. The number of nitrogens with zero attached hydrogens (tertiary/aromatic N) is 3. The van der Waals surface area contributed by atoms with Gasteiger partial charge < -0.3 is 19.8 Å². The van der Waals surface area contributed by atoms with Gasteiger partial charge in [-0.3, -0.25) is 9.69 Å². The van der Waals surface area contributed by atoms with Crippen molar-refractivity contribution in [3.8, 4) is 11.5 Å². The Bertz CT molecular complexity index is 1160. The molecule has 0 bridgehead atoms. The largest absolute Gasteiger partial charge is 0.417 e. The molecule has 1 fully saturated rings. The summed E-state index contributed by atoms with van der Waals surface area (Å²) in [5.74, 6) is -1.97. The zero-order valence-electron chi connectivity index (χ0n) is 18.6. The molecule has 4 rings (SSSR count). The number of carbonyl (C=O) groups excluding carboxylic acids is 1. The SMILES string of the molecule is O=C(Nc1ccc(-c2nnc(NCCCN3CCOCC3)o2)c(C(F)(F)F)c1)c1ccccc1F. The van der Waals surface area contributed by atoms with E-state index in [-0.39, 0.29) is 28.7 Å². The molecule has 2 N–H and O–H groups in total. The van der Waals surface area contributed by atoms with Gasteiger partial charge in [0.1, 0.15) is 5.82 Å². The highest BCUT2D eigenvalue weighted by Crippen LogP contribution is 2.38. The Morgan fingerprint density at radius 1 is 1.09 bits per heavy atom. The number of alkyl halides is 3. The molecule has 3 aromatic rings. The molecule has 1 saturated heterocycles.